The molecular weight excluding hydrogens is 350 g/mol. The van der Waals surface area contributed by atoms with Crippen molar-refractivity contribution in [2.24, 2.45) is 0 Å². The minimum Gasteiger partial charge on any atom is -0.504 e. The zero-order valence-electron chi connectivity index (χ0n) is 14.9. The second-order valence-corrected chi connectivity index (χ2v) is 7.99. The smallest absolute Gasteiger partial charge is 0.339 e. The molecule has 1 aromatic heterocycles. The number of nitrogens with two attached hydrogens (primary N) is 1. The predicted molar refractivity (Wildman–Crippen MR) is 105 cm³/mol. The van der Waals surface area contributed by atoms with Crippen LogP contribution in [0.2, 0.25) is 0 Å². The summed E-state index contributed by atoms with van der Waals surface area (Å²) in [4.78, 5) is 12.6. The highest BCUT2D eigenvalue weighted by atomic mass is 32.1. The van der Waals surface area contributed by atoms with E-state index in [9.17, 15) is 15.0 Å². The number of rotatable bonds is 4. The SMILES string of the molecule is COc1cc(/C=C/C2=Cc3c(sc(N)c3C(=O)O)C(C)(C)C2)ccc1O. The van der Waals surface area contributed by atoms with Crippen LogP contribution in [0.15, 0.2) is 29.8 Å². The molecule has 1 heterocycles. The Morgan fingerprint density at radius 1 is 1.35 bits per heavy atom. The Morgan fingerprint density at radius 2 is 2.08 bits per heavy atom. The van der Waals surface area contributed by atoms with Crippen LogP contribution in [-0.4, -0.2) is 23.3 Å². The first-order chi connectivity index (χ1) is 12.2. The van der Waals surface area contributed by atoms with Crippen molar-refractivity contribution < 1.29 is 19.7 Å². The van der Waals surface area contributed by atoms with Crippen LogP contribution >= 0.6 is 11.3 Å². The van der Waals surface area contributed by atoms with Crippen LogP contribution in [0.5, 0.6) is 11.5 Å². The molecule has 0 saturated carbocycles. The van der Waals surface area contributed by atoms with Gasteiger partial charge in [0, 0.05) is 15.9 Å². The zero-order valence-corrected chi connectivity index (χ0v) is 15.7. The van der Waals surface area contributed by atoms with Gasteiger partial charge in [-0.25, -0.2) is 4.79 Å². The maximum absolute atomic E-state index is 11.6. The molecule has 0 spiro atoms. The molecule has 136 valence electrons. The van der Waals surface area contributed by atoms with E-state index in [2.05, 4.69) is 13.8 Å². The summed E-state index contributed by atoms with van der Waals surface area (Å²) in [5.41, 5.74) is 8.56. The quantitative estimate of drug-likeness (QED) is 0.735. The first-order valence-corrected chi connectivity index (χ1v) is 8.96. The van der Waals surface area contributed by atoms with Crippen molar-refractivity contribution in [2.45, 2.75) is 25.7 Å². The number of hydrogen-bond acceptors (Lipinski definition) is 5. The molecule has 0 fully saturated rings. The van der Waals surface area contributed by atoms with Gasteiger partial charge in [0.2, 0.25) is 0 Å². The molecule has 0 saturated heterocycles. The molecule has 4 N–H and O–H groups in total. The molecule has 2 aromatic rings. The molecule has 1 aromatic carbocycles. The van der Waals surface area contributed by atoms with Crippen molar-refractivity contribution in [3.05, 3.63) is 51.4 Å². The van der Waals surface area contributed by atoms with Crippen molar-refractivity contribution in [3.8, 4) is 11.5 Å². The fourth-order valence-corrected chi connectivity index (χ4v) is 4.40. The molecule has 6 heteroatoms. The summed E-state index contributed by atoms with van der Waals surface area (Å²) >= 11 is 1.36. The lowest BCUT2D eigenvalue weighted by Crippen LogP contribution is -2.20. The molecule has 5 nitrogen and oxygen atoms in total. The molecule has 0 radical (unpaired) electrons. The number of carbonyl (C=O) groups is 1. The molecule has 0 amide bonds. The number of aromatic hydroxyl groups is 1. The standard InChI is InChI=1S/C20H21NO4S/c1-20(2)10-12(5-4-11-6-7-14(22)15(9-11)25-3)8-13-16(19(23)24)18(21)26-17(13)20/h4-9,22H,10,21H2,1-3H3,(H,23,24)/b5-4+. The van der Waals surface area contributed by atoms with Gasteiger partial charge in [-0.2, -0.15) is 0 Å². The number of phenolic OH excluding ortho intramolecular Hbond substituents is 1. The highest BCUT2D eigenvalue weighted by molar-refractivity contribution is 7.16. The number of phenols is 1. The lowest BCUT2D eigenvalue weighted by molar-refractivity contribution is 0.0698. The first kappa shape index (κ1) is 18.1. The summed E-state index contributed by atoms with van der Waals surface area (Å²) < 4.78 is 5.13. The van der Waals surface area contributed by atoms with Gasteiger partial charge < -0.3 is 20.7 Å². The minimum atomic E-state index is -0.999. The number of thiophene rings is 1. The Bertz CT molecular complexity index is 938. The van der Waals surface area contributed by atoms with E-state index in [0.29, 0.717) is 16.3 Å². The number of ether oxygens (including phenoxy) is 1. The molecule has 0 bridgehead atoms. The van der Waals surface area contributed by atoms with Crippen molar-refractivity contribution in [1.82, 2.24) is 0 Å². The highest BCUT2D eigenvalue weighted by Gasteiger charge is 2.34. The third kappa shape index (κ3) is 3.20. The molecular formula is C20H21NO4S. The predicted octanol–water partition coefficient (Wildman–Crippen LogP) is 4.52. The van der Waals surface area contributed by atoms with Crippen molar-refractivity contribution >= 4 is 34.5 Å². The van der Waals surface area contributed by atoms with E-state index in [1.54, 1.807) is 18.2 Å². The summed E-state index contributed by atoms with van der Waals surface area (Å²) in [6.07, 6.45) is 6.58. The molecule has 0 atom stereocenters. The van der Waals surface area contributed by atoms with Gasteiger partial charge in [-0.3, -0.25) is 0 Å². The topological polar surface area (TPSA) is 92.8 Å². The maximum atomic E-state index is 11.6. The fraction of sp³-hybridized carbons (Fsp3) is 0.250. The van der Waals surface area contributed by atoms with Crippen LogP contribution < -0.4 is 10.5 Å². The molecule has 0 unspecified atom stereocenters. The van der Waals surface area contributed by atoms with Gasteiger partial charge in [-0.1, -0.05) is 32.1 Å². The molecule has 1 aliphatic rings. The van der Waals surface area contributed by atoms with Crippen molar-refractivity contribution in [2.75, 3.05) is 12.8 Å². The lowest BCUT2D eigenvalue weighted by Gasteiger charge is -2.29. The summed E-state index contributed by atoms with van der Waals surface area (Å²) in [6.45, 7) is 4.19. The number of methoxy groups -OCH3 is 1. The van der Waals surface area contributed by atoms with Crippen molar-refractivity contribution in [3.63, 3.8) is 0 Å². The Balaban J connectivity index is 2.00. The highest BCUT2D eigenvalue weighted by Crippen LogP contribution is 2.46. The molecule has 1 aliphatic carbocycles. The molecule has 0 aliphatic heterocycles. The number of carboxylic acid groups (broad SMARTS) is 1. The van der Waals surface area contributed by atoms with E-state index in [0.717, 1.165) is 22.4 Å². The third-order valence-corrected chi connectivity index (χ3v) is 5.87. The zero-order chi connectivity index (χ0) is 19.1. The normalized spacial score (nSPS) is 15.6. The van der Waals surface area contributed by atoms with E-state index in [4.69, 9.17) is 10.5 Å². The average Bonchev–Trinajstić information content (AvgIpc) is 2.91. The van der Waals surface area contributed by atoms with E-state index in [1.165, 1.54) is 18.4 Å². The second-order valence-electron chi connectivity index (χ2n) is 6.93. The number of carboxylic acids is 1. The van der Waals surface area contributed by atoms with Crippen LogP contribution in [-0.2, 0) is 5.41 Å². The summed E-state index contributed by atoms with van der Waals surface area (Å²) in [6, 6.07) is 5.12. The number of allylic oxidation sites excluding steroid dienone is 2. The van der Waals surface area contributed by atoms with Crippen LogP contribution in [0.4, 0.5) is 5.00 Å². The van der Waals surface area contributed by atoms with Gasteiger partial charge in [-0.05, 0) is 35.8 Å². The lowest BCUT2D eigenvalue weighted by atomic mass is 9.77. The first-order valence-electron chi connectivity index (χ1n) is 8.14. The number of nitrogen functional groups attached to an aromatic ring is 1. The van der Waals surface area contributed by atoms with Gasteiger partial charge >= 0.3 is 5.97 Å². The molecule has 26 heavy (non-hydrogen) atoms. The minimum absolute atomic E-state index is 0.0900. The number of anilines is 1. The Morgan fingerprint density at radius 3 is 2.73 bits per heavy atom. The van der Waals surface area contributed by atoms with E-state index in [1.807, 2.05) is 18.2 Å². The van der Waals surface area contributed by atoms with Gasteiger partial charge in [0.05, 0.1) is 7.11 Å². The van der Waals surface area contributed by atoms with Gasteiger partial charge in [-0.15, -0.1) is 11.3 Å². The number of aromatic carboxylic acids is 1. The van der Waals surface area contributed by atoms with E-state index >= 15 is 0 Å². The van der Waals surface area contributed by atoms with Crippen LogP contribution in [0.1, 0.15) is 46.6 Å². The third-order valence-electron chi connectivity index (χ3n) is 4.47. The number of hydrogen-bond donors (Lipinski definition) is 3. The van der Waals surface area contributed by atoms with Gasteiger partial charge in [0.25, 0.3) is 0 Å². The summed E-state index contributed by atoms with van der Waals surface area (Å²) in [5, 5.41) is 19.5. The average molecular weight is 371 g/mol. The summed E-state index contributed by atoms with van der Waals surface area (Å²) in [7, 11) is 1.50. The van der Waals surface area contributed by atoms with Gasteiger partial charge in [0.1, 0.15) is 10.6 Å². The number of benzene rings is 1. The fourth-order valence-electron chi connectivity index (χ4n) is 3.26. The number of fused-ring (bicyclic) bond motifs is 1. The van der Waals surface area contributed by atoms with Crippen LogP contribution in [0.25, 0.3) is 12.2 Å². The Hall–Kier alpha value is -2.73. The van der Waals surface area contributed by atoms with E-state index in [-0.39, 0.29) is 16.7 Å². The summed E-state index contributed by atoms with van der Waals surface area (Å²) in [5.74, 6) is -0.501. The monoisotopic (exact) mass is 371 g/mol. The largest absolute Gasteiger partial charge is 0.504 e. The van der Waals surface area contributed by atoms with Crippen LogP contribution in [0, 0.1) is 0 Å². The van der Waals surface area contributed by atoms with Crippen molar-refractivity contribution in [1.29, 1.82) is 0 Å². The van der Waals surface area contributed by atoms with Gasteiger partial charge in [0.15, 0.2) is 11.5 Å². The second kappa shape index (κ2) is 6.53. The maximum Gasteiger partial charge on any atom is 0.339 e. The molecule has 3 rings (SSSR count). The van der Waals surface area contributed by atoms with E-state index < -0.39 is 5.97 Å². The Labute approximate surface area is 156 Å². The van der Waals surface area contributed by atoms with Crippen LogP contribution in [0.3, 0.4) is 0 Å². The Kier molecular flexibility index (Phi) is 4.54.